The Bertz CT molecular complexity index is 3290. The van der Waals surface area contributed by atoms with E-state index in [0.29, 0.717) is 0 Å². The van der Waals surface area contributed by atoms with Gasteiger partial charge in [0.15, 0.2) is 0 Å². The van der Waals surface area contributed by atoms with Gasteiger partial charge in [-0.2, -0.15) is 0 Å². The molecule has 1 aliphatic heterocycles. The highest BCUT2D eigenvalue weighted by atomic mass is 15.1. The van der Waals surface area contributed by atoms with Gasteiger partial charge >= 0.3 is 0 Å². The van der Waals surface area contributed by atoms with E-state index in [1.54, 1.807) is 18.2 Å². The summed E-state index contributed by atoms with van der Waals surface area (Å²) in [4.78, 5) is 14.3. The van der Waals surface area contributed by atoms with Gasteiger partial charge in [-0.25, -0.2) is 0 Å². The van der Waals surface area contributed by atoms with Crippen LogP contribution < -0.4 is 5.32 Å². The number of hydrogen-bond donors (Lipinski definition) is 1. The van der Waals surface area contributed by atoms with Crippen molar-refractivity contribution in [3.05, 3.63) is 226 Å². The number of fused-ring (bicyclic) bond motifs is 6. The van der Waals surface area contributed by atoms with Gasteiger partial charge < -0.3 is 14.5 Å². The zero-order chi connectivity index (χ0) is 43.1. The maximum atomic E-state index is 4.94. The van der Waals surface area contributed by atoms with Crippen LogP contribution in [0.15, 0.2) is 220 Å². The largest absolute Gasteiger partial charge is 0.379 e. The molecule has 0 fully saturated rings. The molecule has 0 bridgehead atoms. The number of benzene rings is 5. The van der Waals surface area contributed by atoms with Gasteiger partial charge in [-0.15, -0.1) is 6.58 Å². The normalized spacial score (nSPS) is 11.4. The van der Waals surface area contributed by atoms with Gasteiger partial charge in [0.1, 0.15) is 0 Å². The van der Waals surface area contributed by atoms with Crippen molar-refractivity contribution in [2.75, 3.05) is 11.9 Å². The minimum Gasteiger partial charge on any atom is -0.379 e. The van der Waals surface area contributed by atoms with Crippen LogP contribution in [-0.4, -0.2) is 30.6 Å². The molecular formula is C57H46N6. The molecule has 0 saturated carbocycles. The average Bonchev–Trinajstić information content (AvgIpc) is 3.87. The predicted octanol–water partition coefficient (Wildman–Crippen LogP) is 14.6. The fourth-order valence-corrected chi connectivity index (χ4v) is 8.44. The number of aromatic nitrogens is 5. The fraction of sp³-hybridized carbons (Fsp3) is 0.0351. The van der Waals surface area contributed by atoms with Gasteiger partial charge in [-0.05, 0) is 114 Å². The van der Waals surface area contributed by atoms with Gasteiger partial charge in [0.25, 0.3) is 0 Å². The molecule has 304 valence electrons. The highest BCUT2D eigenvalue weighted by molar-refractivity contribution is 6.09. The topological polar surface area (TPSA) is 60.6 Å². The molecule has 5 aromatic heterocycles. The SMILES string of the molecule is C1=Cc2c(c3cc(-c4ccccc4-c4ccccn4)ccc3n2-c2cccc(-n3c4ccc(-c5ccccc5-c5ccccn5)cc4c4ncccc43)c2)NC1.C=CC.C=CC=C. The van der Waals surface area contributed by atoms with Crippen LogP contribution in [0.3, 0.4) is 0 Å². The summed E-state index contributed by atoms with van der Waals surface area (Å²) in [5.41, 5.74) is 17.4. The third kappa shape index (κ3) is 7.66. The Morgan fingerprint density at radius 2 is 1.05 bits per heavy atom. The number of allylic oxidation sites excluding steroid dienone is 3. The Kier molecular flexibility index (Phi) is 11.5. The van der Waals surface area contributed by atoms with Crippen molar-refractivity contribution in [1.29, 1.82) is 0 Å². The molecule has 6 heterocycles. The molecule has 0 unspecified atom stereocenters. The molecular weight excluding hydrogens is 769 g/mol. The number of rotatable bonds is 7. The summed E-state index contributed by atoms with van der Waals surface area (Å²) in [6.07, 6.45) is 15.1. The molecule has 0 aliphatic carbocycles. The second-order valence-corrected chi connectivity index (χ2v) is 15.0. The van der Waals surface area contributed by atoms with Gasteiger partial charge in [0.05, 0.1) is 44.8 Å². The smallest absolute Gasteiger partial charge is 0.0963 e. The van der Waals surface area contributed by atoms with E-state index in [-0.39, 0.29) is 0 Å². The van der Waals surface area contributed by atoms with E-state index in [1.807, 2.05) is 55.8 Å². The van der Waals surface area contributed by atoms with E-state index in [9.17, 15) is 0 Å². The van der Waals surface area contributed by atoms with Crippen LogP contribution in [0.1, 0.15) is 12.6 Å². The Morgan fingerprint density at radius 1 is 0.508 bits per heavy atom. The first kappa shape index (κ1) is 40.1. The van der Waals surface area contributed by atoms with Crippen LogP contribution in [-0.2, 0) is 0 Å². The minimum absolute atomic E-state index is 0.781. The first-order chi connectivity index (χ1) is 31.1. The van der Waals surface area contributed by atoms with E-state index in [4.69, 9.17) is 4.98 Å². The Labute approximate surface area is 368 Å². The lowest BCUT2D eigenvalue weighted by Gasteiger charge is -2.15. The van der Waals surface area contributed by atoms with Gasteiger partial charge in [0, 0.05) is 58.4 Å². The maximum Gasteiger partial charge on any atom is 0.0963 e. The molecule has 11 rings (SSSR count). The van der Waals surface area contributed by atoms with Crippen molar-refractivity contribution < 1.29 is 0 Å². The lowest BCUT2D eigenvalue weighted by Crippen LogP contribution is -2.06. The molecule has 0 atom stereocenters. The molecule has 0 saturated heterocycles. The standard InChI is InChI=1S/C50H34N6.C4H6.C3H6/c1-3-16-39(43-18-5-7-26-51-43)37(14-1)33-22-24-45-41(30-33)49-47(20-10-28-53-49)55(45)35-12-9-13-36(32-35)56-46-25-23-34(31-42(46)50-48(56)21-11-29-54-50)38-15-2-4-17-40(38)44-19-6-8-27-52-44;1-3-4-2;1-3-2/h1-28,30-32,54H,29H2;3-4H,1-2H2;3H,1H2,2H3. The zero-order valence-corrected chi connectivity index (χ0v) is 35.2. The average molecular weight is 815 g/mol. The molecule has 10 aromatic rings. The third-order valence-electron chi connectivity index (χ3n) is 11.1. The second-order valence-electron chi connectivity index (χ2n) is 15.0. The van der Waals surface area contributed by atoms with Crippen molar-refractivity contribution in [2.45, 2.75) is 6.92 Å². The molecule has 0 spiro atoms. The van der Waals surface area contributed by atoms with E-state index < -0.39 is 0 Å². The predicted molar refractivity (Wildman–Crippen MR) is 267 cm³/mol. The monoisotopic (exact) mass is 814 g/mol. The molecule has 0 amide bonds. The summed E-state index contributed by atoms with van der Waals surface area (Å²) < 4.78 is 4.72. The van der Waals surface area contributed by atoms with Crippen molar-refractivity contribution >= 4 is 44.6 Å². The van der Waals surface area contributed by atoms with E-state index >= 15 is 0 Å². The summed E-state index contributed by atoms with van der Waals surface area (Å²) in [6, 6.07) is 55.7. The molecule has 5 aromatic carbocycles. The van der Waals surface area contributed by atoms with Crippen LogP contribution in [0.4, 0.5) is 5.69 Å². The van der Waals surface area contributed by atoms with Crippen LogP contribution >= 0.6 is 0 Å². The third-order valence-corrected chi connectivity index (χ3v) is 11.1. The Morgan fingerprint density at radius 3 is 1.63 bits per heavy atom. The maximum absolute atomic E-state index is 4.94. The van der Waals surface area contributed by atoms with Crippen LogP contribution in [0.2, 0.25) is 0 Å². The lowest BCUT2D eigenvalue weighted by molar-refractivity contribution is 1.08. The van der Waals surface area contributed by atoms with Crippen LogP contribution in [0.5, 0.6) is 0 Å². The zero-order valence-electron chi connectivity index (χ0n) is 35.2. The van der Waals surface area contributed by atoms with Crippen LogP contribution in [0.25, 0.3) is 95.1 Å². The van der Waals surface area contributed by atoms with Gasteiger partial charge in [0.2, 0.25) is 0 Å². The molecule has 1 aliphatic rings. The van der Waals surface area contributed by atoms with E-state index in [2.05, 4.69) is 184 Å². The van der Waals surface area contributed by atoms with Crippen LogP contribution in [0, 0.1) is 0 Å². The summed E-state index contributed by atoms with van der Waals surface area (Å²) in [5, 5.41) is 6.00. The van der Waals surface area contributed by atoms with E-state index in [1.165, 1.54) is 5.39 Å². The Balaban J connectivity index is 0.000000675. The number of nitrogens with one attached hydrogen (secondary N) is 1. The molecule has 6 heteroatoms. The lowest BCUT2D eigenvalue weighted by atomic mass is 9.96. The first-order valence-corrected chi connectivity index (χ1v) is 21.0. The van der Waals surface area contributed by atoms with Crippen molar-refractivity contribution in [3.8, 4) is 56.1 Å². The summed E-state index contributed by atoms with van der Waals surface area (Å²) >= 11 is 0. The van der Waals surface area contributed by atoms with Gasteiger partial charge in [-0.1, -0.05) is 116 Å². The quantitative estimate of drug-likeness (QED) is 0.129. The molecule has 1 N–H and O–H groups in total. The summed E-state index contributed by atoms with van der Waals surface area (Å²) in [5.74, 6) is 0. The Hall–Kier alpha value is -8.35. The number of nitrogens with zero attached hydrogens (tertiary/aromatic N) is 5. The van der Waals surface area contributed by atoms with E-state index in [0.717, 1.165) is 102 Å². The van der Waals surface area contributed by atoms with Crippen molar-refractivity contribution in [2.24, 2.45) is 0 Å². The summed E-state index contributed by atoms with van der Waals surface area (Å²) in [7, 11) is 0. The number of anilines is 1. The highest BCUT2D eigenvalue weighted by Crippen LogP contribution is 2.42. The summed E-state index contributed by atoms with van der Waals surface area (Å²) in [6.45, 7) is 12.8. The number of hydrogen-bond acceptors (Lipinski definition) is 4. The second kappa shape index (κ2) is 18.1. The molecule has 0 radical (unpaired) electrons. The fourth-order valence-electron chi connectivity index (χ4n) is 8.44. The van der Waals surface area contributed by atoms with Crippen molar-refractivity contribution in [3.63, 3.8) is 0 Å². The highest BCUT2D eigenvalue weighted by Gasteiger charge is 2.21. The number of pyridine rings is 3. The van der Waals surface area contributed by atoms with Gasteiger partial charge in [-0.3, -0.25) is 15.0 Å². The minimum atomic E-state index is 0.781. The molecule has 63 heavy (non-hydrogen) atoms. The first-order valence-electron chi connectivity index (χ1n) is 21.0. The van der Waals surface area contributed by atoms with Crippen molar-refractivity contribution in [1.82, 2.24) is 24.1 Å². The molecule has 6 nitrogen and oxygen atoms in total.